The van der Waals surface area contributed by atoms with Crippen LogP contribution in [-0.4, -0.2) is 38.5 Å². The van der Waals surface area contributed by atoms with Gasteiger partial charge in [-0.3, -0.25) is 0 Å². The molecule has 0 aromatic heterocycles. The molecule has 2 rings (SSSR count). The average molecular weight is 364 g/mol. The topological polar surface area (TPSA) is 38.8 Å². The van der Waals surface area contributed by atoms with Gasteiger partial charge in [-0.15, -0.1) is 0 Å². The molecule has 1 aromatic rings. The highest BCUT2D eigenvalue weighted by Crippen LogP contribution is 2.37. The van der Waals surface area contributed by atoms with Crippen molar-refractivity contribution in [2.45, 2.75) is 70.8 Å². The van der Waals surface area contributed by atoms with Crippen molar-refractivity contribution in [2.24, 2.45) is 0 Å². The van der Waals surface area contributed by atoms with Gasteiger partial charge in [0, 0.05) is 6.54 Å². The van der Waals surface area contributed by atoms with Gasteiger partial charge in [0.1, 0.15) is 6.61 Å². The molecule has 1 atom stereocenters. The van der Waals surface area contributed by atoms with E-state index in [1.54, 1.807) is 0 Å². The highest BCUT2D eigenvalue weighted by molar-refractivity contribution is 6.74. The first-order chi connectivity index (χ1) is 11.7. The lowest BCUT2D eigenvalue weighted by Crippen LogP contribution is -2.50. The summed E-state index contributed by atoms with van der Waals surface area (Å²) in [6.45, 7) is 13.0. The fourth-order valence-corrected chi connectivity index (χ4v) is 3.78. The Morgan fingerprint density at radius 1 is 1.20 bits per heavy atom. The number of benzene rings is 1. The summed E-state index contributed by atoms with van der Waals surface area (Å²) in [7, 11) is -1.80. The monoisotopic (exact) mass is 363 g/mol. The van der Waals surface area contributed by atoms with Crippen LogP contribution in [0.3, 0.4) is 0 Å². The molecule has 5 heteroatoms. The molecule has 0 spiro atoms. The van der Waals surface area contributed by atoms with Crippen LogP contribution in [0.4, 0.5) is 4.79 Å². The zero-order chi connectivity index (χ0) is 18.5. The second-order valence-electron chi connectivity index (χ2n) is 8.45. The lowest BCUT2D eigenvalue weighted by molar-refractivity contribution is 0.0517. The minimum Gasteiger partial charge on any atom is -0.445 e. The quantitative estimate of drug-likeness (QED) is 0.675. The van der Waals surface area contributed by atoms with E-state index in [2.05, 4.69) is 33.9 Å². The van der Waals surface area contributed by atoms with Gasteiger partial charge in [0.2, 0.25) is 0 Å². The fourth-order valence-electron chi connectivity index (χ4n) is 2.74. The fraction of sp³-hybridized carbons (Fsp3) is 0.650. The highest BCUT2D eigenvalue weighted by atomic mass is 28.4. The van der Waals surface area contributed by atoms with E-state index in [0.717, 1.165) is 31.4 Å². The maximum atomic E-state index is 12.6. The number of carbonyl (C=O) groups is 1. The molecule has 0 saturated carbocycles. The van der Waals surface area contributed by atoms with Gasteiger partial charge in [0.25, 0.3) is 0 Å². The maximum absolute atomic E-state index is 12.6. The number of rotatable bonds is 5. The van der Waals surface area contributed by atoms with Crippen molar-refractivity contribution >= 4 is 14.4 Å². The number of amides is 1. The van der Waals surface area contributed by atoms with E-state index in [4.69, 9.17) is 9.16 Å². The van der Waals surface area contributed by atoms with E-state index in [1.165, 1.54) is 0 Å². The Morgan fingerprint density at radius 2 is 1.88 bits per heavy atom. The summed E-state index contributed by atoms with van der Waals surface area (Å²) in [5.41, 5.74) is 1.02. The predicted molar refractivity (Wildman–Crippen MR) is 104 cm³/mol. The molecule has 0 aliphatic carbocycles. The molecule has 1 aliphatic rings. The summed E-state index contributed by atoms with van der Waals surface area (Å²) in [4.78, 5) is 14.4. The second kappa shape index (κ2) is 8.36. The molecule has 1 aliphatic heterocycles. The minimum atomic E-state index is -1.80. The van der Waals surface area contributed by atoms with Crippen LogP contribution in [0.15, 0.2) is 30.3 Å². The Bertz CT molecular complexity index is 554. The normalized spacial score (nSPS) is 18.9. The van der Waals surface area contributed by atoms with E-state index in [-0.39, 0.29) is 17.2 Å². The third-order valence-corrected chi connectivity index (χ3v) is 10.0. The Morgan fingerprint density at radius 3 is 2.52 bits per heavy atom. The molecular weight excluding hydrogens is 330 g/mol. The van der Waals surface area contributed by atoms with Crippen LogP contribution in [0.1, 0.15) is 45.6 Å². The molecule has 4 nitrogen and oxygen atoms in total. The predicted octanol–water partition coefficient (Wildman–Crippen LogP) is 5.20. The lowest BCUT2D eigenvalue weighted by Gasteiger charge is -2.40. The minimum absolute atomic E-state index is 0.131. The number of carbonyl (C=O) groups excluding carboxylic acids is 1. The molecular formula is C20H33NO3Si. The van der Waals surface area contributed by atoms with E-state index in [1.807, 2.05) is 35.2 Å². The largest absolute Gasteiger partial charge is 0.445 e. The zero-order valence-corrected chi connectivity index (χ0v) is 17.4. The highest BCUT2D eigenvalue weighted by Gasteiger charge is 2.39. The molecule has 1 fully saturated rings. The van der Waals surface area contributed by atoms with Crippen LogP contribution in [0, 0.1) is 0 Å². The molecule has 1 heterocycles. The van der Waals surface area contributed by atoms with Gasteiger partial charge in [0.05, 0.1) is 12.6 Å². The SMILES string of the molecule is CC(C)(C)[Si](C)(C)OCC1CCCCN1C(=O)OCc1ccccc1. The maximum Gasteiger partial charge on any atom is 0.410 e. The summed E-state index contributed by atoms with van der Waals surface area (Å²) < 4.78 is 11.9. The first kappa shape index (κ1) is 20.0. The molecule has 140 valence electrons. The average Bonchev–Trinajstić information content (AvgIpc) is 2.58. The number of ether oxygens (including phenoxy) is 1. The van der Waals surface area contributed by atoms with Gasteiger partial charge in [0.15, 0.2) is 8.32 Å². The van der Waals surface area contributed by atoms with Crippen LogP contribution in [0.5, 0.6) is 0 Å². The number of likely N-dealkylation sites (tertiary alicyclic amines) is 1. The Kier molecular flexibility index (Phi) is 6.69. The van der Waals surface area contributed by atoms with E-state index in [9.17, 15) is 4.79 Å². The van der Waals surface area contributed by atoms with Crippen molar-refractivity contribution in [1.29, 1.82) is 0 Å². The molecule has 1 amide bonds. The molecule has 1 aromatic carbocycles. The zero-order valence-electron chi connectivity index (χ0n) is 16.4. The molecule has 1 unspecified atom stereocenters. The van der Waals surface area contributed by atoms with Crippen LogP contribution in [0.2, 0.25) is 18.1 Å². The van der Waals surface area contributed by atoms with Crippen molar-refractivity contribution in [1.82, 2.24) is 4.90 Å². The van der Waals surface area contributed by atoms with E-state index in [0.29, 0.717) is 13.2 Å². The van der Waals surface area contributed by atoms with Crippen molar-refractivity contribution < 1.29 is 14.0 Å². The van der Waals surface area contributed by atoms with Gasteiger partial charge >= 0.3 is 6.09 Å². The molecule has 0 bridgehead atoms. The number of nitrogens with zero attached hydrogens (tertiary/aromatic N) is 1. The summed E-state index contributed by atoms with van der Waals surface area (Å²) >= 11 is 0. The molecule has 25 heavy (non-hydrogen) atoms. The van der Waals surface area contributed by atoms with Crippen molar-refractivity contribution in [3.63, 3.8) is 0 Å². The van der Waals surface area contributed by atoms with Gasteiger partial charge < -0.3 is 14.1 Å². The summed E-state index contributed by atoms with van der Waals surface area (Å²) in [6, 6.07) is 9.96. The number of hydrogen-bond acceptors (Lipinski definition) is 3. The van der Waals surface area contributed by atoms with Crippen molar-refractivity contribution in [3.05, 3.63) is 35.9 Å². The molecule has 1 saturated heterocycles. The van der Waals surface area contributed by atoms with Crippen LogP contribution >= 0.6 is 0 Å². The molecule has 0 radical (unpaired) electrons. The van der Waals surface area contributed by atoms with Crippen LogP contribution in [-0.2, 0) is 15.8 Å². The third kappa shape index (κ3) is 5.58. The van der Waals surface area contributed by atoms with Crippen LogP contribution in [0.25, 0.3) is 0 Å². The van der Waals surface area contributed by atoms with Gasteiger partial charge in [-0.05, 0) is 43.0 Å². The Hall–Kier alpha value is -1.33. The Balaban J connectivity index is 1.92. The number of piperidine rings is 1. The first-order valence-corrected chi connectivity index (χ1v) is 12.2. The number of hydrogen-bond donors (Lipinski definition) is 0. The van der Waals surface area contributed by atoms with Gasteiger partial charge in [-0.2, -0.15) is 0 Å². The van der Waals surface area contributed by atoms with Gasteiger partial charge in [-0.25, -0.2) is 4.79 Å². The smallest absolute Gasteiger partial charge is 0.410 e. The Labute approximate surface area is 153 Å². The van der Waals surface area contributed by atoms with Gasteiger partial charge in [-0.1, -0.05) is 51.1 Å². The van der Waals surface area contributed by atoms with Crippen molar-refractivity contribution in [3.8, 4) is 0 Å². The first-order valence-electron chi connectivity index (χ1n) is 9.32. The summed E-state index contributed by atoms with van der Waals surface area (Å²) in [6.07, 6.45) is 2.97. The standard InChI is InChI=1S/C20H33NO3Si/c1-20(2,3)25(4,5)24-16-18-13-9-10-14-21(18)19(22)23-15-17-11-7-6-8-12-17/h6-8,11-12,18H,9-10,13-16H2,1-5H3. The van der Waals surface area contributed by atoms with E-state index >= 15 is 0 Å². The van der Waals surface area contributed by atoms with Crippen LogP contribution < -0.4 is 0 Å². The summed E-state index contributed by atoms with van der Waals surface area (Å²) in [5.74, 6) is 0. The van der Waals surface area contributed by atoms with Crippen molar-refractivity contribution in [2.75, 3.05) is 13.2 Å². The third-order valence-electron chi connectivity index (χ3n) is 5.51. The molecule has 0 N–H and O–H groups in total. The lowest BCUT2D eigenvalue weighted by atomic mass is 10.0. The second-order valence-corrected chi connectivity index (χ2v) is 13.3. The van der Waals surface area contributed by atoms with E-state index < -0.39 is 8.32 Å². The summed E-state index contributed by atoms with van der Waals surface area (Å²) in [5, 5.41) is 0.181.